The third-order valence-electron chi connectivity index (χ3n) is 7.11. The van der Waals surface area contributed by atoms with Crippen LogP contribution < -0.4 is 24.8 Å². The van der Waals surface area contributed by atoms with Crippen LogP contribution in [0.25, 0.3) is 11.1 Å². The summed E-state index contributed by atoms with van der Waals surface area (Å²) in [6.45, 7) is 18.8. The van der Waals surface area contributed by atoms with E-state index >= 15 is 0 Å². The van der Waals surface area contributed by atoms with Gasteiger partial charge in [0, 0.05) is 0 Å². The predicted molar refractivity (Wildman–Crippen MR) is 131 cm³/mol. The zero-order valence-corrected chi connectivity index (χ0v) is 25.4. The first kappa shape index (κ1) is 28.6. The standard InChI is InChI=1S/C21H25.C9H13.2ClH.Zr/c1-20(2,3)16-7-9-18-14(12-16)11-15-13-17(21(4,5)6)8-10-19(15)18;1-3-8-5-6-9(4-2)7-8;;;/h7-13H,1-6H3;5-6,8H,3-4H2,1-2H3;2*1H;/q;;;;+2/p-2. The van der Waals surface area contributed by atoms with Crippen molar-refractivity contribution in [1.29, 1.82) is 0 Å². The molecule has 0 spiro atoms. The summed E-state index contributed by atoms with van der Waals surface area (Å²) >= 11 is -0.836. The van der Waals surface area contributed by atoms with Gasteiger partial charge in [-0.05, 0) is 0 Å². The Morgan fingerprint density at radius 1 is 0.758 bits per heavy atom. The molecule has 0 nitrogen and oxygen atoms in total. The Morgan fingerprint density at radius 2 is 1.24 bits per heavy atom. The molecule has 3 heteroatoms. The maximum atomic E-state index is 2.56. The van der Waals surface area contributed by atoms with Crippen LogP contribution in [0.4, 0.5) is 0 Å². The van der Waals surface area contributed by atoms with Crippen molar-refractivity contribution in [2.75, 3.05) is 0 Å². The van der Waals surface area contributed by atoms with Crippen molar-refractivity contribution in [1.82, 2.24) is 0 Å². The molecule has 33 heavy (non-hydrogen) atoms. The minimum atomic E-state index is -0.836. The first-order chi connectivity index (χ1) is 14.5. The maximum absolute atomic E-state index is 2.56. The molecule has 176 valence electrons. The molecule has 0 N–H and O–H groups in total. The van der Waals surface area contributed by atoms with Gasteiger partial charge in [-0.15, -0.1) is 0 Å². The quantitative estimate of drug-likeness (QED) is 0.540. The third-order valence-corrected chi connectivity index (χ3v) is 11.8. The Kier molecular flexibility index (Phi) is 9.16. The summed E-state index contributed by atoms with van der Waals surface area (Å²) in [6, 6.07) is 14.7. The van der Waals surface area contributed by atoms with Crippen LogP contribution in [0.3, 0.4) is 0 Å². The van der Waals surface area contributed by atoms with Gasteiger partial charge < -0.3 is 24.8 Å². The summed E-state index contributed by atoms with van der Waals surface area (Å²) < 4.78 is 2.48. The summed E-state index contributed by atoms with van der Waals surface area (Å²) in [7, 11) is 0. The number of hydrogen-bond acceptors (Lipinski definition) is 0. The molecule has 2 aromatic rings. The fourth-order valence-electron chi connectivity index (χ4n) is 5.01. The van der Waals surface area contributed by atoms with E-state index in [4.69, 9.17) is 0 Å². The molecule has 0 aliphatic heterocycles. The molecule has 0 saturated heterocycles. The van der Waals surface area contributed by atoms with Gasteiger partial charge in [-0.25, -0.2) is 0 Å². The normalized spacial score (nSPS) is 17.3. The molecular formula is C30H38Cl2Zr. The van der Waals surface area contributed by atoms with E-state index in [-0.39, 0.29) is 35.6 Å². The van der Waals surface area contributed by atoms with Crippen molar-refractivity contribution >= 4 is 0 Å². The second-order valence-corrected chi connectivity index (χ2v) is 14.8. The molecule has 0 heterocycles. The molecule has 2 aromatic carbocycles. The van der Waals surface area contributed by atoms with Crippen molar-refractivity contribution in [2.24, 2.45) is 5.92 Å². The Balaban J connectivity index is 0.00000193. The van der Waals surface area contributed by atoms with Gasteiger partial charge in [-0.3, -0.25) is 0 Å². The monoisotopic (exact) mass is 558 g/mol. The van der Waals surface area contributed by atoms with E-state index in [1.165, 1.54) is 35.1 Å². The van der Waals surface area contributed by atoms with E-state index < -0.39 is 23.2 Å². The number of fused-ring (bicyclic) bond motifs is 3. The fourth-order valence-corrected chi connectivity index (χ4v) is 10.1. The van der Waals surface area contributed by atoms with Gasteiger partial charge >= 0.3 is 203 Å². The van der Waals surface area contributed by atoms with E-state index in [1.807, 2.05) is 3.28 Å². The van der Waals surface area contributed by atoms with Crippen LogP contribution in [0.5, 0.6) is 0 Å². The Morgan fingerprint density at radius 3 is 1.64 bits per heavy atom. The molecule has 1 atom stereocenters. The summed E-state index contributed by atoms with van der Waals surface area (Å²) in [6.07, 6.45) is 7.35. The van der Waals surface area contributed by atoms with Crippen LogP contribution in [0.2, 0.25) is 0 Å². The fraction of sp³-hybridized carbons (Fsp3) is 0.467. The van der Waals surface area contributed by atoms with Crippen LogP contribution in [0, 0.1) is 5.92 Å². The molecule has 0 amide bonds. The summed E-state index contributed by atoms with van der Waals surface area (Å²) in [5.74, 6) is 0.686. The van der Waals surface area contributed by atoms with Gasteiger partial charge in [-0.1, -0.05) is 0 Å². The second-order valence-electron chi connectivity index (χ2n) is 11.3. The Hall–Kier alpha value is -0.617. The average Bonchev–Trinajstić information content (AvgIpc) is 3.25. The van der Waals surface area contributed by atoms with Crippen LogP contribution in [0.15, 0.2) is 57.4 Å². The van der Waals surface area contributed by atoms with Crippen LogP contribution >= 0.6 is 0 Å². The molecule has 0 bridgehead atoms. The molecular weight excluding hydrogens is 522 g/mol. The second kappa shape index (κ2) is 10.6. The predicted octanol–water partition coefficient (Wildman–Crippen LogP) is 2.70. The summed E-state index contributed by atoms with van der Waals surface area (Å²) in [5.41, 5.74) is 11.2. The van der Waals surface area contributed by atoms with E-state index in [2.05, 4.69) is 104 Å². The Bertz CT molecular complexity index is 1000. The van der Waals surface area contributed by atoms with Crippen molar-refractivity contribution in [3.05, 3.63) is 79.7 Å². The third kappa shape index (κ3) is 5.47. The van der Waals surface area contributed by atoms with Gasteiger partial charge in [0.05, 0.1) is 0 Å². The first-order valence-corrected chi connectivity index (χ1v) is 14.7. The van der Waals surface area contributed by atoms with Gasteiger partial charge in [-0.2, -0.15) is 0 Å². The van der Waals surface area contributed by atoms with Crippen molar-refractivity contribution in [2.45, 2.75) is 82.7 Å². The zero-order valence-electron chi connectivity index (χ0n) is 21.4. The van der Waals surface area contributed by atoms with Crippen LogP contribution in [-0.2, 0) is 34.1 Å². The molecule has 1 unspecified atom stereocenters. The minimum Gasteiger partial charge on any atom is -1.00 e. The molecule has 2 aliphatic carbocycles. The molecule has 0 fully saturated rings. The molecule has 0 saturated carbocycles. The summed E-state index contributed by atoms with van der Waals surface area (Å²) in [5, 5.41) is 0. The molecule has 0 radical (unpaired) electrons. The average molecular weight is 561 g/mol. The summed E-state index contributed by atoms with van der Waals surface area (Å²) in [4.78, 5) is 0. The van der Waals surface area contributed by atoms with Crippen LogP contribution in [0.1, 0.15) is 94.1 Å². The SMILES string of the molecule is CCC1=[C]([Zr+2][CH]2c3cc(C(C)(C)C)ccc3-c3ccc(C(C)(C)C)cc32)C(CC)C=C1.[Cl-].[Cl-]. The van der Waals surface area contributed by atoms with E-state index in [0.717, 1.165) is 0 Å². The first-order valence-electron chi connectivity index (χ1n) is 12.0. The van der Waals surface area contributed by atoms with Crippen molar-refractivity contribution in [3.63, 3.8) is 0 Å². The number of hydrogen-bond donors (Lipinski definition) is 0. The molecule has 2 aliphatic rings. The van der Waals surface area contributed by atoms with E-state index in [0.29, 0.717) is 9.54 Å². The number of allylic oxidation sites excluding steroid dienone is 4. The van der Waals surface area contributed by atoms with Crippen LogP contribution in [-0.4, -0.2) is 0 Å². The largest absolute Gasteiger partial charge is 1.00 e. The number of rotatable bonds is 4. The van der Waals surface area contributed by atoms with E-state index in [1.54, 1.807) is 16.7 Å². The smallest absolute Gasteiger partial charge is 1.00 e. The Labute approximate surface area is 226 Å². The van der Waals surface area contributed by atoms with Gasteiger partial charge in [0.15, 0.2) is 0 Å². The zero-order chi connectivity index (χ0) is 22.6. The number of benzene rings is 2. The van der Waals surface area contributed by atoms with Gasteiger partial charge in [0.1, 0.15) is 0 Å². The van der Waals surface area contributed by atoms with Crippen molar-refractivity contribution < 1.29 is 48.0 Å². The molecule has 4 rings (SSSR count). The van der Waals surface area contributed by atoms with Gasteiger partial charge in [0.2, 0.25) is 0 Å². The topological polar surface area (TPSA) is 0 Å². The van der Waals surface area contributed by atoms with E-state index in [9.17, 15) is 0 Å². The van der Waals surface area contributed by atoms with Crippen molar-refractivity contribution in [3.8, 4) is 11.1 Å². The minimum absolute atomic E-state index is 0. The number of halogens is 2. The molecule has 0 aromatic heterocycles. The maximum Gasteiger partial charge on any atom is -1.00 e. The van der Waals surface area contributed by atoms with Gasteiger partial charge in [0.25, 0.3) is 0 Å².